The monoisotopic (exact) mass is 503 g/mol. The van der Waals surface area contributed by atoms with Gasteiger partial charge in [0.25, 0.3) is 0 Å². The average Bonchev–Trinajstić information content (AvgIpc) is 3.37. The normalized spacial score (nSPS) is 18.8. The fraction of sp³-hybridized carbons (Fsp3) is 0.375. The number of aliphatic carboxylic acids is 1. The molecular formula is C24H24F3N5O4. The minimum Gasteiger partial charge on any atom is -0.475 e. The van der Waals surface area contributed by atoms with Gasteiger partial charge in [-0.25, -0.2) is 9.48 Å². The lowest BCUT2D eigenvalue weighted by Crippen LogP contribution is -2.44. The van der Waals surface area contributed by atoms with Crippen LogP contribution in [-0.4, -0.2) is 54.6 Å². The standard InChI is InChI=1S/C22H23N5O2.C2HF3O2/c1-15-5-7-16(8-6-15)10-27-22(29)21(28)26-12-17-11-25(14-19(17)20(26)24-27)13-18-4-2-3-9-23-18;3-2(4,5)1(6)7/h2-9,17,19H,10-14H2,1H3;(H,6,7). The van der Waals surface area contributed by atoms with Crippen molar-refractivity contribution in [2.75, 3.05) is 13.1 Å². The highest BCUT2D eigenvalue weighted by Gasteiger charge is 2.42. The molecule has 0 amide bonds. The maximum Gasteiger partial charge on any atom is 0.490 e. The molecule has 0 aliphatic carbocycles. The van der Waals surface area contributed by atoms with E-state index in [2.05, 4.69) is 15.0 Å². The summed E-state index contributed by atoms with van der Waals surface area (Å²) >= 11 is 0. The SMILES string of the molecule is Cc1ccc(Cn2nc3n(c(=O)c2=O)CC2CN(Cc4ccccn4)CC32)cc1.O=C(O)C(F)(F)F. The predicted octanol–water partition coefficient (Wildman–Crippen LogP) is 2.02. The van der Waals surface area contributed by atoms with E-state index in [0.717, 1.165) is 42.3 Å². The Labute approximate surface area is 203 Å². The number of carboxylic acid groups (broad SMARTS) is 1. The van der Waals surface area contributed by atoms with Crippen molar-refractivity contribution in [1.82, 2.24) is 24.2 Å². The number of alkyl halides is 3. The Kier molecular flexibility index (Phi) is 7.07. The molecule has 0 saturated carbocycles. The zero-order valence-electron chi connectivity index (χ0n) is 19.4. The minimum atomic E-state index is -5.08. The lowest BCUT2D eigenvalue weighted by Gasteiger charge is -2.17. The van der Waals surface area contributed by atoms with Gasteiger partial charge in [-0.1, -0.05) is 35.9 Å². The Morgan fingerprint density at radius 2 is 1.72 bits per heavy atom. The lowest BCUT2D eigenvalue weighted by atomic mass is 10.00. The van der Waals surface area contributed by atoms with Crippen LogP contribution in [0.25, 0.3) is 0 Å². The molecule has 36 heavy (non-hydrogen) atoms. The molecule has 1 aromatic carbocycles. The summed E-state index contributed by atoms with van der Waals surface area (Å²) < 4.78 is 34.7. The number of carboxylic acids is 1. The second kappa shape index (κ2) is 10.1. The van der Waals surface area contributed by atoms with Crippen LogP contribution in [0.15, 0.2) is 58.3 Å². The molecular weight excluding hydrogens is 479 g/mol. The molecule has 2 aliphatic rings. The van der Waals surface area contributed by atoms with Gasteiger partial charge in [-0.15, -0.1) is 0 Å². The molecule has 2 unspecified atom stereocenters. The number of hydrogen-bond acceptors (Lipinski definition) is 6. The molecule has 4 heterocycles. The topological polar surface area (TPSA) is 110 Å². The summed E-state index contributed by atoms with van der Waals surface area (Å²) in [6.07, 6.45) is -3.27. The van der Waals surface area contributed by atoms with Gasteiger partial charge in [-0.2, -0.15) is 18.3 Å². The fourth-order valence-corrected chi connectivity index (χ4v) is 4.50. The first-order valence-electron chi connectivity index (χ1n) is 11.2. The largest absolute Gasteiger partial charge is 0.490 e. The Morgan fingerprint density at radius 1 is 1.03 bits per heavy atom. The van der Waals surface area contributed by atoms with Crippen molar-refractivity contribution in [1.29, 1.82) is 0 Å². The third kappa shape index (κ3) is 5.54. The fourth-order valence-electron chi connectivity index (χ4n) is 4.50. The molecule has 9 nitrogen and oxygen atoms in total. The van der Waals surface area contributed by atoms with Gasteiger partial charge in [0.05, 0.1) is 12.2 Å². The number of nitrogens with zero attached hydrogens (tertiary/aromatic N) is 5. The Hall–Kier alpha value is -3.80. The van der Waals surface area contributed by atoms with Gasteiger partial charge in [0.1, 0.15) is 5.82 Å². The van der Waals surface area contributed by atoms with Gasteiger partial charge in [0, 0.05) is 44.2 Å². The summed E-state index contributed by atoms with van der Waals surface area (Å²) in [5, 5.41) is 11.8. The highest BCUT2D eigenvalue weighted by Crippen LogP contribution is 2.37. The third-order valence-corrected chi connectivity index (χ3v) is 6.23. The number of benzene rings is 1. The summed E-state index contributed by atoms with van der Waals surface area (Å²) in [5.41, 5.74) is 2.17. The van der Waals surface area contributed by atoms with Gasteiger partial charge in [0.2, 0.25) is 0 Å². The van der Waals surface area contributed by atoms with Gasteiger partial charge in [-0.3, -0.25) is 24.0 Å². The van der Waals surface area contributed by atoms with Crippen molar-refractivity contribution in [3.8, 4) is 0 Å². The quantitative estimate of drug-likeness (QED) is 0.543. The van der Waals surface area contributed by atoms with Crippen LogP contribution in [-0.2, 0) is 24.4 Å². The van der Waals surface area contributed by atoms with E-state index in [1.165, 1.54) is 4.68 Å². The molecule has 0 radical (unpaired) electrons. The Bertz CT molecular complexity index is 1350. The maximum atomic E-state index is 12.7. The number of carbonyl (C=O) groups is 1. The summed E-state index contributed by atoms with van der Waals surface area (Å²) in [6, 6.07) is 13.9. The number of likely N-dealkylation sites (tertiary alicyclic amines) is 1. The summed E-state index contributed by atoms with van der Waals surface area (Å²) in [7, 11) is 0. The molecule has 1 saturated heterocycles. The van der Waals surface area contributed by atoms with E-state index in [1.54, 1.807) is 4.57 Å². The van der Waals surface area contributed by atoms with Crippen LogP contribution in [0.2, 0.25) is 0 Å². The summed E-state index contributed by atoms with van der Waals surface area (Å²) in [4.78, 5) is 40.9. The molecule has 1 N–H and O–H groups in total. The van der Waals surface area contributed by atoms with Gasteiger partial charge >= 0.3 is 23.3 Å². The molecule has 190 valence electrons. The predicted molar refractivity (Wildman–Crippen MR) is 122 cm³/mol. The van der Waals surface area contributed by atoms with Crippen molar-refractivity contribution in [3.05, 3.63) is 92.0 Å². The van der Waals surface area contributed by atoms with E-state index in [0.29, 0.717) is 19.0 Å². The third-order valence-electron chi connectivity index (χ3n) is 6.23. The zero-order valence-corrected chi connectivity index (χ0v) is 19.4. The first-order valence-corrected chi connectivity index (χ1v) is 11.2. The van der Waals surface area contributed by atoms with Gasteiger partial charge in [0.15, 0.2) is 0 Å². The van der Waals surface area contributed by atoms with Crippen LogP contribution in [0.3, 0.4) is 0 Å². The molecule has 12 heteroatoms. The Balaban J connectivity index is 0.000000384. The van der Waals surface area contributed by atoms with E-state index in [-0.39, 0.29) is 5.92 Å². The van der Waals surface area contributed by atoms with E-state index in [9.17, 15) is 22.8 Å². The smallest absolute Gasteiger partial charge is 0.475 e. The van der Waals surface area contributed by atoms with E-state index >= 15 is 0 Å². The minimum absolute atomic E-state index is 0.177. The van der Waals surface area contributed by atoms with Crippen molar-refractivity contribution in [2.45, 2.75) is 38.7 Å². The first-order chi connectivity index (χ1) is 17.0. The van der Waals surface area contributed by atoms with Crippen LogP contribution in [0.1, 0.15) is 28.6 Å². The molecule has 2 aromatic heterocycles. The van der Waals surface area contributed by atoms with E-state index in [1.807, 2.05) is 55.6 Å². The van der Waals surface area contributed by atoms with E-state index in [4.69, 9.17) is 9.90 Å². The average molecular weight is 503 g/mol. The lowest BCUT2D eigenvalue weighted by molar-refractivity contribution is -0.192. The second-order valence-corrected chi connectivity index (χ2v) is 8.91. The van der Waals surface area contributed by atoms with E-state index < -0.39 is 23.3 Å². The van der Waals surface area contributed by atoms with Crippen LogP contribution >= 0.6 is 0 Å². The van der Waals surface area contributed by atoms with Crippen molar-refractivity contribution < 1.29 is 23.1 Å². The van der Waals surface area contributed by atoms with Crippen LogP contribution in [0.5, 0.6) is 0 Å². The number of aryl methyl sites for hydroxylation is 1. The van der Waals surface area contributed by atoms with Gasteiger partial charge < -0.3 is 5.11 Å². The second-order valence-electron chi connectivity index (χ2n) is 8.91. The number of halogens is 3. The molecule has 1 fully saturated rings. The number of aromatic nitrogens is 4. The van der Waals surface area contributed by atoms with Crippen LogP contribution in [0.4, 0.5) is 13.2 Å². The first kappa shape index (κ1) is 25.3. The molecule has 0 spiro atoms. The number of pyridine rings is 1. The number of rotatable bonds is 4. The van der Waals surface area contributed by atoms with Gasteiger partial charge in [-0.05, 0) is 24.6 Å². The van der Waals surface area contributed by atoms with Crippen molar-refractivity contribution >= 4 is 5.97 Å². The molecule has 2 atom stereocenters. The number of hydrogen-bond donors (Lipinski definition) is 1. The summed E-state index contributed by atoms with van der Waals surface area (Å²) in [6.45, 7) is 5.42. The molecule has 3 aromatic rings. The highest BCUT2D eigenvalue weighted by molar-refractivity contribution is 5.73. The van der Waals surface area contributed by atoms with Crippen LogP contribution < -0.4 is 11.1 Å². The number of fused-ring (bicyclic) bond motifs is 3. The highest BCUT2D eigenvalue weighted by atomic mass is 19.4. The molecule has 5 rings (SSSR count). The Morgan fingerprint density at radius 3 is 2.33 bits per heavy atom. The molecule has 0 bridgehead atoms. The van der Waals surface area contributed by atoms with Crippen LogP contribution in [0, 0.1) is 12.8 Å². The maximum absolute atomic E-state index is 12.7. The summed E-state index contributed by atoms with van der Waals surface area (Å²) in [5.74, 6) is -1.52. The van der Waals surface area contributed by atoms with Crippen molar-refractivity contribution in [2.24, 2.45) is 5.92 Å². The zero-order chi connectivity index (χ0) is 26.0. The van der Waals surface area contributed by atoms with Crippen molar-refractivity contribution in [3.63, 3.8) is 0 Å². The molecule has 2 aliphatic heterocycles.